The van der Waals surface area contributed by atoms with Gasteiger partial charge in [0.15, 0.2) is 0 Å². The van der Waals surface area contributed by atoms with E-state index in [1.807, 2.05) is 30.3 Å². The van der Waals surface area contributed by atoms with E-state index in [-0.39, 0.29) is 11.2 Å². The molecular weight excluding hydrogens is 456 g/mol. The maximum absolute atomic E-state index is 13.7. The van der Waals surface area contributed by atoms with Crippen LogP contribution in [0.2, 0.25) is 10.0 Å². The molecule has 3 N–H and O–H groups in total. The summed E-state index contributed by atoms with van der Waals surface area (Å²) in [6.07, 6.45) is 6.50. The summed E-state index contributed by atoms with van der Waals surface area (Å²) in [6, 6.07) is 20.1. The van der Waals surface area contributed by atoms with E-state index in [1.165, 1.54) is 11.1 Å². The van der Waals surface area contributed by atoms with Gasteiger partial charge in [-0.15, -0.1) is 0 Å². The van der Waals surface area contributed by atoms with Crippen molar-refractivity contribution in [3.63, 3.8) is 0 Å². The van der Waals surface area contributed by atoms with E-state index < -0.39 is 0 Å². The minimum absolute atomic E-state index is 0.105. The van der Waals surface area contributed by atoms with Crippen LogP contribution in [0.5, 0.6) is 0 Å². The van der Waals surface area contributed by atoms with Crippen LogP contribution in [0.1, 0.15) is 24.0 Å². The van der Waals surface area contributed by atoms with Crippen molar-refractivity contribution in [3.8, 4) is 0 Å². The van der Waals surface area contributed by atoms with Crippen LogP contribution in [0.4, 0.5) is 15.8 Å². The number of benzene rings is 3. The Balaban J connectivity index is 0.000000275. The van der Waals surface area contributed by atoms with Gasteiger partial charge in [-0.25, -0.2) is 4.39 Å². The number of likely N-dealkylation sites (tertiary alicyclic amines) is 1. The van der Waals surface area contributed by atoms with Crippen LogP contribution < -0.4 is 11.1 Å². The van der Waals surface area contributed by atoms with Gasteiger partial charge >= 0.3 is 0 Å². The first kappa shape index (κ1) is 23.6. The molecule has 0 amide bonds. The molecule has 3 aromatic carbocycles. The zero-order valence-corrected chi connectivity index (χ0v) is 19.9. The average Bonchev–Trinajstić information content (AvgIpc) is 3.16. The summed E-state index contributed by atoms with van der Waals surface area (Å²) in [5, 5.41) is 4.95. The molecule has 33 heavy (non-hydrogen) atoms. The Bertz CT molecular complexity index is 1070. The average molecular weight is 484 g/mol. The van der Waals surface area contributed by atoms with Gasteiger partial charge in [-0.05, 0) is 91.7 Å². The molecule has 3 aromatic rings. The molecule has 5 rings (SSSR count). The van der Waals surface area contributed by atoms with Gasteiger partial charge in [0, 0.05) is 39.9 Å². The Kier molecular flexibility index (Phi) is 7.59. The van der Waals surface area contributed by atoms with Crippen molar-refractivity contribution < 1.29 is 4.39 Å². The van der Waals surface area contributed by atoms with E-state index in [9.17, 15) is 4.39 Å². The standard InChI is InChI=1S/C21H22ClFN2.C6H6ClN/c22-17-5-3-16(4-6-17)2-1-11-25-12-9-21(10-13-25)15-24-20-8-7-18(23)14-19(20)21;7-5-1-3-6(8)4-2-5/h1-8,14,24H,9-13,15H2;1-4H,8H2. The molecule has 0 bridgehead atoms. The van der Waals surface area contributed by atoms with Crippen LogP contribution >= 0.6 is 23.2 Å². The number of nitrogens with zero attached hydrogens (tertiary/aromatic N) is 1. The van der Waals surface area contributed by atoms with Gasteiger partial charge in [-0.2, -0.15) is 0 Å². The number of halogens is 3. The highest BCUT2D eigenvalue weighted by Gasteiger charge is 2.41. The molecule has 1 spiro atoms. The van der Waals surface area contributed by atoms with Gasteiger partial charge < -0.3 is 11.1 Å². The van der Waals surface area contributed by atoms with Crippen molar-refractivity contribution in [1.82, 2.24) is 4.90 Å². The van der Waals surface area contributed by atoms with Crippen molar-refractivity contribution in [1.29, 1.82) is 0 Å². The van der Waals surface area contributed by atoms with Gasteiger partial charge in [0.25, 0.3) is 0 Å². The first-order valence-corrected chi connectivity index (χ1v) is 11.9. The first-order chi connectivity index (χ1) is 15.9. The first-order valence-electron chi connectivity index (χ1n) is 11.1. The predicted molar refractivity (Wildman–Crippen MR) is 139 cm³/mol. The number of fused-ring (bicyclic) bond motifs is 2. The predicted octanol–water partition coefficient (Wildman–Crippen LogP) is 6.87. The summed E-state index contributed by atoms with van der Waals surface area (Å²) >= 11 is 11.5. The number of hydrogen-bond acceptors (Lipinski definition) is 3. The van der Waals surface area contributed by atoms with Crippen LogP contribution in [0.15, 0.2) is 72.8 Å². The Labute approximate surface area is 205 Å². The third-order valence-corrected chi connectivity index (χ3v) is 6.90. The fourth-order valence-electron chi connectivity index (χ4n) is 4.45. The minimum Gasteiger partial charge on any atom is -0.399 e. The molecule has 0 aromatic heterocycles. The largest absolute Gasteiger partial charge is 0.399 e. The highest BCUT2D eigenvalue weighted by atomic mass is 35.5. The summed E-state index contributed by atoms with van der Waals surface area (Å²) < 4.78 is 13.7. The lowest BCUT2D eigenvalue weighted by atomic mass is 9.74. The molecule has 0 atom stereocenters. The molecular formula is C27H28Cl2FN3. The smallest absolute Gasteiger partial charge is 0.123 e. The molecule has 172 valence electrons. The zero-order valence-electron chi connectivity index (χ0n) is 18.4. The molecule has 6 heteroatoms. The lowest BCUT2D eigenvalue weighted by Crippen LogP contribution is -2.43. The van der Waals surface area contributed by atoms with Gasteiger partial charge in [0.05, 0.1) is 0 Å². The van der Waals surface area contributed by atoms with E-state index in [0.717, 1.165) is 60.4 Å². The lowest BCUT2D eigenvalue weighted by molar-refractivity contribution is 0.183. The highest BCUT2D eigenvalue weighted by Crippen LogP contribution is 2.44. The van der Waals surface area contributed by atoms with E-state index >= 15 is 0 Å². The van der Waals surface area contributed by atoms with Gasteiger partial charge in [0.1, 0.15) is 5.82 Å². The van der Waals surface area contributed by atoms with Crippen molar-refractivity contribution in [2.45, 2.75) is 18.3 Å². The Morgan fingerprint density at radius 2 is 1.58 bits per heavy atom. The quantitative estimate of drug-likeness (QED) is 0.399. The van der Waals surface area contributed by atoms with Crippen LogP contribution in [0.3, 0.4) is 0 Å². The van der Waals surface area contributed by atoms with E-state index in [1.54, 1.807) is 36.4 Å². The molecule has 0 saturated carbocycles. The lowest BCUT2D eigenvalue weighted by Gasteiger charge is -2.39. The summed E-state index contributed by atoms with van der Waals surface area (Å²) in [5.74, 6) is -0.129. The number of piperidine rings is 1. The van der Waals surface area contributed by atoms with Crippen LogP contribution in [-0.2, 0) is 5.41 Å². The number of anilines is 2. The maximum atomic E-state index is 13.7. The van der Waals surface area contributed by atoms with Crippen LogP contribution in [0.25, 0.3) is 6.08 Å². The normalized spacial score (nSPS) is 16.8. The van der Waals surface area contributed by atoms with Crippen molar-refractivity contribution in [2.24, 2.45) is 0 Å². The molecule has 2 heterocycles. The second-order valence-corrected chi connectivity index (χ2v) is 9.50. The molecule has 2 aliphatic rings. The van der Waals surface area contributed by atoms with E-state index in [2.05, 4.69) is 22.4 Å². The Morgan fingerprint density at radius 3 is 2.21 bits per heavy atom. The zero-order chi connectivity index (χ0) is 23.3. The molecule has 0 radical (unpaired) electrons. The third-order valence-electron chi connectivity index (χ3n) is 6.40. The third kappa shape index (κ3) is 6.08. The second kappa shape index (κ2) is 10.6. The maximum Gasteiger partial charge on any atom is 0.123 e. The monoisotopic (exact) mass is 483 g/mol. The van der Waals surface area contributed by atoms with Crippen molar-refractivity contribution in [3.05, 3.63) is 99.8 Å². The van der Waals surface area contributed by atoms with Crippen molar-refractivity contribution >= 4 is 40.7 Å². The Morgan fingerprint density at radius 1 is 0.939 bits per heavy atom. The topological polar surface area (TPSA) is 41.3 Å². The summed E-state index contributed by atoms with van der Waals surface area (Å²) in [4.78, 5) is 2.47. The number of nitrogen functional groups attached to an aromatic ring is 1. The van der Waals surface area contributed by atoms with Crippen LogP contribution in [-0.4, -0.2) is 31.1 Å². The molecule has 1 fully saturated rings. The number of nitrogens with two attached hydrogens (primary N) is 1. The molecule has 1 saturated heterocycles. The second-order valence-electron chi connectivity index (χ2n) is 8.63. The number of nitrogens with one attached hydrogen (secondary N) is 1. The van der Waals surface area contributed by atoms with E-state index in [4.69, 9.17) is 28.9 Å². The van der Waals surface area contributed by atoms with Gasteiger partial charge in [-0.1, -0.05) is 47.5 Å². The van der Waals surface area contributed by atoms with Gasteiger partial charge in [-0.3, -0.25) is 4.90 Å². The summed E-state index contributed by atoms with van der Waals surface area (Å²) in [5.41, 5.74) is 9.67. The minimum atomic E-state index is -0.129. The van der Waals surface area contributed by atoms with Gasteiger partial charge in [0.2, 0.25) is 0 Å². The summed E-state index contributed by atoms with van der Waals surface area (Å²) in [6.45, 7) is 3.97. The SMILES string of the molecule is Fc1ccc2c(c1)C1(CCN(CC=Cc3ccc(Cl)cc3)CC1)CN2.Nc1ccc(Cl)cc1. The number of rotatable bonds is 3. The highest BCUT2D eigenvalue weighted by molar-refractivity contribution is 6.30. The molecule has 3 nitrogen and oxygen atoms in total. The van der Waals surface area contributed by atoms with E-state index in [0.29, 0.717) is 0 Å². The fraction of sp³-hybridized carbons (Fsp3) is 0.259. The fourth-order valence-corrected chi connectivity index (χ4v) is 4.71. The summed E-state index contributed by atoms with van der Waals surface area (Å²) in [7, 11) is 0. The van der Waals surface area contributed by atoms with Crippen LogP contribution in [0, 0.1) is 5.82 Å². The molecule has 0 unspecified atom stereocenters. The Hall–Kier alpha value is -2.53. The molecule has 2 aliphatic heterocycles. The number of hydrogen-bond donors (Lipinski definition) is 2. The molecule has 0 aliphatic carbocycles. The van der Waals surface area contributed by atoms with Crippen molar-refractivity contribution in [2.75, 3.05) is 37.2 Å².